The zero-order valence-corrected chi connectivity index (χ0v) is 8.24. The Bertz CT molecular complexity index is 254. The Morgan fingerprint density at radius 3 is 2.25 bits per heavy atom. The van der Waals surface area contributed by atoms with Crippen molar-refractivity contribution in [1.82, 2.24) is 0 Å². The molecule has 0 saturated heterocycles. The van der Waals surface area contributed by atoms with Crippen LogP contribution >= 0.6 is 15.9 Å². The Hall–Kier alpha value is -0.440. The van der Waals surface area contributed by atoms with Gasteiger partial charge in [-0.05, 0) is 24.6 Å². The lowest BCUT2D eigenvalue weighted by molar-refractivity contribution is 0.230. The third kappa shape index (κ3) is 2.03. The van der Waals surface area contributed by atoms with Gasteiger partial charge in [0.05, 0.1) is 0 Å². The molecule has 0 N–H and O–H groups in total. The van der Waals surface area contributed by atoms with Crippen molar-refractivity contribution >= 4 is 15.9 Å². The highest BCUT2D eigenvalue weighted by Crippen LogP contribution is 2.27. The van der Waals surface area contributed by atoms with Crippen LogP contribution in [-0.2, 0) is 5.67 Å². The number of hydrogen-bond donors (Lipinski definition) is 0. The van der Waals surface area contributed by atoms with Gasteiger partial charge in [-0.15, -0.1) is 0 Å². The third-order valence-corrected chi connectivity index (χ3v) is 2.75. The molecule has 0 amide bonds. The number of halogens is 3. The lowest BCUT2D eigenvalue weighted by Crippen LogP contribution is -2.16. The molecule has 0 bridgehead atoms. The van der Waals surface area contributed by atoms with Crippen LogP contribution in [-0.4, -0.2) is 5.33 Å². The molecule has 3 heteroatoms. The van der Waals surface area contributed by atoms with E-state index in [2.05, 4.69) is 15.9 Å². The van der Waals surface area contributed by atoms with Gasteiger partial charge in [-0.1, -0.05) is 28.1 Å². The van der Waals surface area contributed by atoms with Crippen molar-refractivity contribution in [3.63, 3.8) is 0 Å². The second-order valence-corrected chi connectivity index (χ2v) is 3.40. The topological polar surface area (TPSA) is 0 Å². The minimum Gasteiger partial charge on any atom is -0.238 e. The summed E-state index contributed by atoms with van der Waals surface area (Å²) < 4.78 is 26.0. The summed E-state index contributed by atoms with van der Waals surface area (Å²) in [7, 11) is 0. The number of alkyl halides is 2. The highest BCUT2D eigenvalue weighted by molar-refractivity contribution is 9.09. The highest BCUT2D eigenvalue weighted by Gasteiger charge is 2.23. The number of hydrogen-bond acceptors (Lipinski definition) is 0. The molecule has 1 aromatic rings. The zero-order valence-electron chi connectivity index (χ0n) is 6.65. The monoisotopic (exact) mass is 234 g/mol. The fraction of sp³-hybridized carbons (Fsp3) is 0.333. The van der Waals surface area contributed by atoms with E-state index in [1.807, 2.05) is 0 Å². The first-order chi connectivity index (χ1) is 5.56. The molecule has 12 heavy (non-hydrogen) atoms. The summed E-state index contributed by atoms with van der Waals surface area (Å²) in [6.07, 6.45) is 0. The van der Waals surface area contributed by atoms with E-state index in [0.29, 0.717) is 5.56 Å². The molecule has 1 aromatic carbocycles. The van der Waals surface area contributed by atoms with Gasteiger partial charge in [0.15, 0.2) is 0 Å². The summed E-state index contributed by atoms with van der Waals surface area (Å²) >= 11 is 3.06. The molecule has 0 aromatic heterocycles. The Labute approximate surface area is 78.7 Å². The molecule has 1 rings (SSSR count). The van der Waals surface area contributed by atoms with Crippen molar-refractivity contribution in [2.75, 3.05) is 5.33 Å². The second kappa shape index (κ2) is 3.52. The van der Waals surface area contributed by atoms with Crippen LogP contribution in [0.1, 0.15) is 12.5 Å². The van der Waals surface area contributed by atoms with E-state index in [4.69, 9.17) is 0 Å². The molecule has 0 radical (unpaired) electrons. The molecule has 0 unspecified atom stereocenters. The SMILES string of the molecule is C[C@](F)(CBr)c1ccc(F)cc1. The molecular formula is C9H9BrF2. The molecule has 0 aliphatic rings. The molecule has 0 aliphatic heterocycles. The summed E-state index contributed by atoms with van der Waals surface area (Å²) in [6, 6.07) is 5.43. The van der Waals surface area contributed by atoms with Gasteiger partial charge in [-0.3, -0.25) is 0 Å². The summed E-state index contributed by atoms with van der Waals surface area (Å²) in [5.41, 5.74) is -0.936. The van der Waals surface area contributed by atoms with E-state index < -0.39 is 5.67 Å². The normalized spacial score (nSPS) is 15.7. The van der Waals surface area contributed by atoms with Gasteiger partial charge >= 0.3 is 0 Å². The van der Waals surface area contributed by atoms with Crippen molar-refractivity contribution in [3.8, 4) is 0 Å². The van der Waals surface area contributed by atoms with E-state index in [-0.39, 0.29) is 11.1 Å². The van der Waals surface area contributed by atoms with Crippen LogP contribution in [0.2, 0.25) is 0 Å². The first-order valence-corrected chi connectivity index (χ1v) is 4.69. The van der Waals surface area contributed by atoms with Gasteiger partial charge in [-0.25, -0.2) is 8.78 Å². The lowest BCUT2D eigenvalue weighted by atomic mass is 10.0. The molecular weight excluding hydrogens is 226 g/mol. The van der Waals surface area contributed by atoms with E-state index >= 15 is 0 Å². The van der Waals surface area contributed by atoms with Crippen LogP contribution in [0, 0.1) is 5.82 Å². The fourth-order valence-corrected chi connectivity index (χ4v) is 1.20. The Morgan fingerprint density at radius 1 is 1.33 bits per heavy atom. The van der Waals surface area contributed by atoms with Crippen LogP contribution in [0.3, 0.4) is 0 Å². The quantitative estimate of drug-likeness (QED) is 0.689. The standard InChI is InChI=1S/C9H9BrF2/c1-9(12,6-10)7-2-4-8(11)5-3-7/h2-5H,6H2,1H3/t9-/m0/s1. The van der Waals surface area contributed by atoms with Crippen molar-refractivity contribution in [3.05, 3.63) is 35.6 Å². The van der Waals surface area contributed by atoms with Crippen LogP contribution in [0.15, 0.2) is 24.3 Å². The Morgan fingerprint density at radius 2 is 1.83 bits per heavy atom. The van der Waals surface area contributed by atoms with Crippen LogP contribution in [0.4, 0.5) is 8.78 Å². The Balaban J connectivity index is 2.96. The molecule has 0 spiro atoms. The predicted octanol–water partition coefficient (Wildman–Crippen LogP) is 3.41. The first kappa shape index (κ1) is 9.65. The summed E-state index contributed by atoms with van der Waals surface area (Å²) in [4.78, 5) is 0. The molecule has 0 nitrogen and oxygen atoms in total. The maximum absolute atomic E-state index is 13.5. The molecule has 0 heterocycles. The van der Waals surface area contributed by atoms with E-state index in [1.54, 1.807) is 0 Å². The minimum atomic E-state index is -1.42. The molecule has 0 aliphatic carbocycles. The van der Waals surface area contributed by atoms with E-state index in [0.717, 1.165) is 0 Å². The predicted molar refractivity (Wildman–Crippen MR) is 48.7 cm³/mol. The smallest absolute Gasteiger partial charge is 0.142 e. The zero-order chi connectivity index (χ0) is 9.19. The summed E-state index contributed by atoms with van der Waals surface area (Å²) in [6.45, 7) is 1.45. The number of benzene rings is 1. The third-order valence-electron chi connectivity index (χ3n) is 1.70. The van der Waals surface area contributed by atoms with Crippen LogP contribution < -0.4 is 0 Å². The summed E-state index contributed by atoms with van der Waals surface area (Å²) in [5.74, 6) is -0.343. The molecule has 0 fully saturated rings. The van der Waals surface area contributed by atoms with Crippen molar-refractivity contribution in [2.24, 2.45) is 0 Å². The molecule has 66 valence electrons. The van der Waals surface area contributed by atoms with Crippen molar-refractivity contribution in [2.45, 2.75) is 12.6 Å². The maximum Gasteiger partial charge on any atom is 0.142 e. The van der Waals surface area contributed by atoms with Gasteiger partial charge in [0.1, 0.15) is 11.5 Å². The minimum absolute atomic E-state index is 0.214. The first-order valence-electron chi connectivity index (χ1n) is 3.57. The summed E-state index contributed by atoms with van der Waals surface area (Å²) in [5, 5.41) is 0.214. The second-order valence-electron chi connectivity index (χ2n) is 2.84. The average Bonchev–Trinajstić information content (AvgIpc) is 2.05. The van der Waals surface area contributed by atoms with E-state index in [1.165, 1.54) is 31.2 Å². The van der Waals surface area contributed by atoms with E-state index in [9.17, 15) is 8.78 Å². The van der Waals surface area contributed by atoms with Crippen molar-refractivity contribution in [1.29, 1.82) is 0 Å². The highest BCUT2D eigenvalue weighted by atomic mass is 79.9. The van der Waals surface area contributed by atoms with Crippen molar-refractivity contribution < 1.29 is 8.78 Å². The average molecular weight is 235 g/mol. The van der Waals surface area contributed by atoms with Crippen LogP contribution in [0.5, 0.6) is 0 Å². The van der Waals surface area contributed by atoms with Gasteiger partial charge in [0.25, 0.3) is 0 Å². The van der Waals surface area contributed by atoms with Gasteiger partial charge in [0, 0.05) is 5.33 Å². The number of rotatable bonds is 2. The molecule has 0 saturated carbocycles. The van der Waals surface area contributed by atoms with Gasteiger partial charge in [-0.2, -0.15) is 0 Å². The van der Waals surface area contributed by atoms with Gasteiger partial charge in [0.2, 0.25) is 0 Å². The Kier molecular flexibility index (Phi) is 2.83. The van der Waals surface area contributed by atoms with Gasteiger partial charge < -0.3 is 0 Å². The van der Waals surface area contributed by atoms with Crippen LogP contribution in [0.25, 0.3) is 0 Å². The lowest BCUT2D eigenvalue weighted by Gasteiger charge is -2.17. The molecule has 1 atom stereocenters. The maximum atomic E-state index is 13.5. The fourth-order valence-electron chi connectivity index (χ4n) is 0.875. The largest absolute Gasteiger partial charge is 0.238 e.